The summed E-state index contributed by atoms with van der Waals surface area (Å²) in [6, 6.07) is 0. The van der Waals surface area contributed by atoms with Crippen molar-refractivity contribution in [3.05, 3.63) is 0 Å². The highest BCUT2D eigenvalue weighted by atomic mass is 14.4. The van der Waals surface area contributed by atoms with Crippen molar-refractivity contribution < 1.29 is 0 Å². The van der Waals surface area contributed by atoms with Gasteiger partial charge >= 0.3 is 0 Å². The minimum Gasteiger partial charge on any atom is -0.0625 e. The van der Waals surface area contributed by atoms with Crippen molar-refractivity contribution in [3.63, 3.8) is 0 Å². The third-order valence-corrected chi connectivity index (χ3v) is 6.44. The number of rotatable bonds is 3. The molecule has 0 heteroatoms. The molecule has 2 saturated carbocycles. The van der Waals surface area contributed by atoms with E-state index in [1.165, 1.54) is 51.4 Å². The van der Waals surface area contributed by atoms with Gasteiger partial charge in [0.05, 0.1) is 0 Å². The zero-order valence-electron chi connectivity index (χ0n) is 13.1. The molecule has 0 aromatic heterocycles. The summed E-state index contributed by atoms with van der Waals surface area (Å²) in [5, 5.41) is 0. The van der Waals surface area contributed by atoms with E-state index in [2.05, 4.69) is 27.7 Å². The highest BCUT2D eigenvalue weighted by Gasteiger charge is 2.32. The van der Waals surface area contributed by atoms with Crippen LogP contribution in [0.4, 0.5) is 0 Å². The van der Waals surface area contributed by atoms with E-state index in [-0.39, 0.29) is 0 Å². The highest BCUT2D eigenvalue weighted by Crippen LogP contribution is 2.42. The fraction of sp³-hybridized carbons (Fsp3) is 1.00. The summed E-state index contributed by atoms with van der Waals surface area (Å²) in [7, 11) is 0. The third kappa shape index (κ3) is 3.52. The van der Waals surface area contributed by atoms with Crippen LogP contribution in [0.3, 0.4) is 0 Å². The van der Waals surface area contributed by atoms with E-state index in [0.717, 1.165) is 35.5 Å². The number of hydrogen-bond donors (Lipinski definition) is 0. The number of hydrogen-bond acceptors (Lipinski definition) is 0. The van der Waals surface area contributed by atoms with Gasteiger partial charge in [0, 0.05) is 0 Å². The quantitative estimate of drug-likeness (QED) is 0.584. The molecule has 0 nitrogen and oxygen atoms in total. The van der Waals surface area contributed by atoms with Crippen molar-refractivity contribution in [1.29, 1.82) is 0 Å². The van der Waals surface area contributed by atoms with Crippen LogP contribution in [0.5, 0.6) is 0 Å². The molecule has 0 radical (unpaired) electrons. The van der Waals surface area contributed by atoms with E-state index in [9.17, 15) is 0 Å². The molecule has 0 aromatic rings. The first-order valence-corrected chi connectivity index (χ1v) is 8.58. The Kier molecular flexibility index (Phi) is 5.15. The smallest absolute Gasteiger partial charge is 0.0386 e. The van der Waals surface area contributed by atoms with Crippen LogP contribution in [-0.2, 0) is 0 Å². The van der Waals surface area contributed by atoms with Crippen molar-refractivity contribution in [3.8, 4) is 0 Å². The van der Waals surface area contributed by atoms with Crippen LogP contribution in [0.1, 0.15) is 79.1 Å². The van der Waals surface area contributed by atoms with Gasteiger partial charge < -0.3 is 0 Å². The summed E-state index contributed by atoms with van der Waals surface area (Å²) in [5.74, 6) is 6.01. The molecule has 106 valence electrons. The minimum atomic E-state index is 0.968. The summed E-state index contributed by atoms with van der Waals surface area (Å²) in [6.45, 7) is 9.99. The molecular weight excluding hydrogens is 216 g/mol. The predicted octanol–water partition coefficient (Wildman–Crippen LogP) is 5.91. The Bertz CT molecular complexity index is 202. The lowest BCUT2D eigenvalue weighted by molar-refractivity contribution is 0.113. The van der Waals surface area contributed by atoms with Crippen molar-refractivity contribution in [2.45, 2.75) is 79.1 Å². The maximum atomic E-state index is 2.56. The zero-order valence-corrected chi connectivity index (χ0v) is 13.1. The molecule has 0 aliphatic heterocycles. The summed E-state index contributed by atoms with van der Waals surface area (Å²) in [6.07, 6.45) is 12.0. The molecule has 2 fully saturated rings. The molecule has 0 heterocycles. The molecular formula is C18H34. The highest BCUT2D eigenvalue weighted by molar-refractivity contribution is 4.82. The monoisotopic (exact) mass is 250 g/mol. The van der Waals surface area contributed by atoms with Crippen LogP contribution in [0.25, 0.3) is 0 Å². The van der Waals surface area contributed by atoms with Crippen molar-refractivity contribution in [2.75, 3.05) is 0 Å². The average Bonchev–Trinajstić information content (AvgIpc) is 2.39. The van der Waals surface area contributed by atoms with E-state index in [1.54, 1.807) is 0 Å². The van der Waals surface area contributed by atoms with Crippen molar-refractivity contribution in [2.24, 2.45) is 35.5 Å². The summed E-state index contributed by atoms with van der Waals surface area (Å²) in [5.41, 5.74) is 0. The van der Waals surface area contributed by atoms with Gasteiger partial charge in [0.25, 0.3) is 0 Å². The van der Waals surface area contributed by atoms with Gasteiger partial charge in [-0.1, -0.05) is 53.4 Å². The van der Waals surface area contributed by atoms with E-state index in [1.807, 2.05) is 0 Å². The van der Waals surface area contributed by atoms with Gasteiger partial charge in [-0.3, -0.25) is 0 Å². The molecule has 0 saturated heterocycles. The van der Waals surface area contributed by atoms with Crippen LogP contribution in [0.15, 0.2) is 0 Å². The van der Waals surface area contributed by atoms with Gasteiger partial charge in [-0.25, -0.2) is 0 Å². The zero-order chi connectivity index (χ0) is 13.1. The SMILES string of the molecule is CC1CCC(C(C)C(C)C2CCC(C)CC2)CC1. The molecule has 0 amide bonds. The van der Waals surface area contributed by atoms with Crippen molar-refractivity contribution >= 4 is 0 Å². The molecule has 0 N–H and O–H groups in total. The summed E-state index contributed by atoms with van der Waals surface area (Å²) < 4.78 is 0. The van der Waals surface area contributed by atoms with Crippen LogP contribution in [0.2, 0.25) is 0 Å². The first kappa shape index (κ1) is 14.4. The Balaban J connectivity index is 1.82. The Morgan fingerprint density at radius 1 is 0.556 bits per heavy atom. The molecule has 2 aliphatic carbocycles. The van der Waals surface area contributed by atoms with Gasteiger partial charge in [-0.2, -0.15) is 0 Å². The lowest BCUT2D eigenvalue weighted by Gasteiger charge is -2.39. The predicted molar refractivity (Wildman–Crippen MR) is 80.6 cm³/mol. The van der Waals surface area contributed by atoms with Crippen LogP contribution in [0, 0.1) is 35.5 Å². The molecule has 0 bridgehead atoms. The lowest BCUT2D eigenvalue weighted by Crippen LogP contribution is -2.29. The first-order chi connectivity index (χ1) is 8.58. The maximum Gasteiger partial charge on any atom is -0.0386 e. The second-order valence-electron chi connectivity index (χ2n) is 7.76. The van der Waals surface area contributed by atoms with Gasteiger partial charge in [-0.15, -0.1) is 0 Å². The van der Waals surface area contributed by atoms with E-state index >= 15 is 0 Å². The van der Waals surface area contributed by atoms with Crippen LogP contribution in [-0.4, -0.2) is 0 Å². The molecule has 0 spiro atoms. The van der Waals surface area contributed by atoms with Gasteiger partial charge in [0.15, 0.2) is 0 Å². The Hall–Kier alpha value is 0. The standard InChI is InChI=1S/C18H34/c1-13-5-9-17(10-6-13)15(3)16(4)18-11-7-14(2)8-12-18/h13-18H,5-12H2,1-4H3. The summed E-state index contributed by atoms with van der Waals surface area (Å²) in [4.78, 5) is 0. The lowest BCUT2D eigenvalue weighted by atomic mass is 9.66. The Morgan fingerprint density at radius 2 is 0.833 bits per heavy atom. The van der Waals surface area contributed by atoms with Crippen LogP contribution < -0.4 is 0 Å². The summed E-state index contributed by atoms with van der Waals surface area (Å²) >= 11 is 0. The third-order valence-electron chi connectivity index (χ3n) is 6.44. The van der Waals surface area contributed by atoms with Gasteiger partial charge in [0.2, 0.25) is 0 Å². The second-order valence-corrected chi connectivity index (χ2v) is 7.76. The topological polar surface area (TPSA) is 0 Å². The molecule has 2 aliphatic rings. The minimum absolute atomic E-state index is 0.968. The fourth-order valence-electron chi connectivity index (χ4n) is 4.48. The van der Waals surface area contributed by atoms with E-state index in [0.29, 0.717) is 0 Å². The van der Waals surface area contributed by atoms with Crippen LogP contribution >= 0.6 is 0 Å². The molecule has 2 rings (SSSR count). The van der Waals surface area contributed by atoms with E-state index < -0.39 is 0 Å². The molecule has 18 heavy (non-hydrogen) atoms. The maximum absolute atomic E-state index is 2.56. The average molecular weight is 250 g/mol. The van der Waals surface area contributed by atoms with Gasteiger partial charge in [0.1, 0.15) is 0 Å². The Labute approximate surface area is 115 Å². The van der Waals surface area contributed by atoms with Gasteiger partial charge in [-0.05, 0) is 61.2 Å². The second kappa shape index (κ2) is 6.44. The van der Waals surface area contributed by atoms with E-state index in [4.69, 9.17) is 0 Å². The first-order valence-electron chi connectivity index (χ1n) is 8.58. The largest absolute Gasteiger partial charge is 0.0625 e. The molecule has 0 aromatic carbocycles. The fourth-order valence-corrected chi connectivity index (χ4v) is 4.48. The Morgan fingerprint density at radius 3 is 1.11 bits per heavy atom. The molecule has 2 unspecified atom stereocenters. The van der Waals surface area contributed by atoms with Crippen molar-refractivity contribution in [1.82, 2.24) is 0 Å². The normalized spacial score (nSPS) is 41.3. The molecule has 2 atom stereocenters.